The fourth-order valence-corrected chi connectivity index (χ4v) is 1.68. The van der Waals surface area contributed by atoms with Gasteiger partial charge in [0.05, 0.1) is 11.0 Å². The summed E-state index contributed by atoms with van der Waals surface area (Å²) in [4.78, 5) is 10.3. The lowest BCUT2D eigenvalue weighted by Gasteiger charge is -2.04. The molecule has 0 aliphatic carbocycles. The molecular formula is C14H12N2O3. The van der Waals surface area contributed by atoms with Crippen LogP contribution in [0.3, 0.4) is 0 Å². The Morgan fingerprint density at radius 3 is 2.37 bits per heavy atom. The standard InChI is InChI=1S/C14H12N2O3/c1-11-7-8-13(9-14(11)16(18)19)15(17)10-12-5-3-2-4-6-12/h2-10H,1H3. The molecule has 0 aliphatic heterocycles. The Kier molecular flexibility index (Phi) is 3.56. The van der Waals surface area contributed by atoms with Crippen LogP contribution in [0, 0.1) is 22.2 Å². The zero-order valence-corrected chi connectivity index (χ0v) is 10.3. The van der Waals surface area contributed by atoms with Gasteiger partial charge in [0.25, 0.3) is 5.69 Å². The predicted molar refractivity (Wildman–Crippen MR) is 72.7 cm³/mol. The number of nitro benzene ring substituents is 1. The number of nitrogens with zero attached hydrogens (tertiary/aromatic N) is 2. The van der Waals surface area contributed by atoms with Crippen LogP contribution in [0.25, 0.3) is 0 Å². The van der Waals surface area contributed by atoms with Crippen LogP contribution in [-0.4, -0.2) is 15.9 Å². The fraction of sp³-hybridized carbons (Fsp3) is 0.0714. The topological polar surface area (TPSA) is 69.2 Å². The zero-order valence-electron chi connectivity index (χ0n) is 10.3. The van der Waals surface area contributed by atoms with E-state index in [1.165, 1.54) is 12.3 Å². The van der Waals surface area contributed by atoms with Crippen LogP contribution in [0.4, 0.5) is 11.4 Å². The number of hydrogen-bond donors (Lipinski definition) is 0. The van der Waals surface area contributed by atoms with E-state index in [-0.39, 0.29) is 11.4 Å². The van der Waals surface area contributed by atoms with Gasteiger partial charge in [0.15, 0.2) is 6.21 Å². The van der Waals surface area contributed by atoms with E-state index < -0.39 is 4.92 Å². The van der Waals surface area contributed by atoms with Gasteiger partial charge in [0.1, 0.15) is 0 Å². The lowest BCUT2D eigenvalue weighted by atomic mass is 10.2. The molecule has 0 atom stereocenters. The van der Waals surface area contributed by atoms with Crippen molar-refractivity contribution in [3.63, 3.8) is 0 Å². The largest absolute Gasteiger partial charge is 0.618 e. The van der Waals surface area contributed by atoms with E-state index in [9.17, 15) is 15.3 Å². The molecule has 5 heteroatoms. The van der Waals surface area contributed by atoms with Gasteiger partial charge in [-0.3, -0.25) is 10.1 Å². The molecule has 0 spiro atoms. The molecule has 0 aromatic heterocycles. The summed E-state index contributed by atoms with van der Waals surface area (Å²) in [5.41, 5.74) is 1.45. The summed E-state index contributed by atoms with van der Waals surface area (Å²) in [6.45, 7) is 1.64. The monoisotopic (exact) mass is 256 g/mol. The van der Waals surface area contributed by atoms with E-state index in [1.807, 2.05) is 18.2 Å². The van der Waals surface area contributed by atoms with E-state index in [0.717, 1.165) is 5.56 Å². The summed E-state index contributed by atoms with van der Waals surface area (Å²) >= 11 is 0. The van der Waals surface area contributed by atoms with E-state index in [4.69, 9.17) is 0 Å². The van der Waals surface area contributed by atoms with Gasteiger partial charge in [-0.2, -0.15) is 4.74 Å². The Hall–Kier alpha value is -2.69. The second-order valence-corrected chi connectivity index (χ2v) is 4.09. The van der Waals surface area contributed by atoms with Gasteiger partial charge < -0.3 is 5.21 Å². The Labute approximate surface area is 110 Å². The molecule has 96 valence electrons. The van der Waals surface area contributed by atoms with Gasteiger partial charge in [-0.25, -0.2) is 0 Å². The number of rotatable bonds is 3. The molecule has 19 heavy (non-hydrogen) atoms. The summed E-state index contributed by atoms with van der Waals surface area (Å²) in [6.07, 6.45) is 1.38. The smallest absolute Gasteiger partial charge is 0.278 e. The molecule has 2 aromatic rings. The average Bonchev–Trinajstić information content (AvgIpc) is 2.40. The molecule has 0 saturated heterocycles. The van der Waals surface area contributed by atoms with Crippen molar-refractivity contribution in [3.05, 3.63) is 75.0 Å². The minimum absolute atomic E-state index is 0.0557. The highest BCUT2D eigenvalue weighted by atomic mass is 16.6. The third-order valence-electron chi connectivity index (χ3n) is 2.71. The molecular weight excluding hydrogens is 244 g/mol. The quantitative estimate of drug-likeness (QED) is 0.278. The van der Waals surface area contributed by atoms with Crippen LogP contribution in [0.5, 0.6) is 0 Å². The predicted octanol–water partition coefficient (Wildman–Crippen LogP) is 3.16. The highest BCUT2D eigenvalue weighted by molar-refractivity contribution is 5.76. The molecule has 0 saturated carbocycles. The highest BCUT2D eigenvalue weighted by Gasteiger charge is 2.14. The molecule has 2 aromatic carbocycles. The van der Waals surface area contributed by atoms with E-state index >= 15 is 0 Å². The first kappa shape index (κ1) is 12.8. The first-order valence-corrected chi connectivity index (χ1v) is 5.69. The van der Waals surface area contributed by atoms with E-state index in [2.05, 4.69) is 0 Å². The second kappa shape index (κ2) is 5.30. The molecule has 0 unspecified atom stereocenters. The van der Waals surface area contributed by atoms with Crippen LogP contribution in [0.2, 0.25) is 0 Å². The maximum Gasteiger partial charge on any atom is 0.278 e. The SMILES string of the molecule is Cc1ccc([N+]([O-])=Cc2ccccc2)cc1[N+](=O)[O-]. The van der Waals surface area contributed by atoms with Crippen LogP contribution in [0.15, 0.2) is 48.5 Å². The van der Waals surface area contributed by atoms with Gasteiger partial charge in [-0.1, -0.05) is 18.2 Å². The van der Waals surface area contributed by atoms with Crippen molar-refractivity contribution in [2.75, 3.05) is 0 Å². The van der Waals surface area contributed by atoms with Gasteiger partial charge in [-0.05, 0) is 25.1 Å². The maximum atomic E-state index is 11.9. The number of aryl methyl sites for hydroxylation is 1. The van der Waals surface area contributed by atoms with Crippen molar-refractivity contribution in [1.82, 2.24) is 0 Å². The molecule has 5 nitrogen and oxygen atoms in total. The van der Waals surface area contributed by atoms with Crippen molar-refractivity contribution in [1.29, 1.82) is 0 Å². The van der Waals surface area contributed by atoms with Gasteiger partial charge in [-0.15, -0.1) is 0 Å². The van der Waals surface area contributed by atoms with Crippen molar-refractivity contribution >= 4 is 17.6 Å². The average molecular weight is 256 g/mol. The third-order valence-corrected chi connectivity index (χ3v) is 2.71. The Morgan fingerprint density at radius 1 is 1.05 bits per heavy atom. The van der Waals surface area contributed by atoms with Crippen molar-refractivity contribution in [2.45, 2.75) is 6.92 Å². The highest BCUT2D eigenvalue weighted by Crippen LogP contribution is 2.23. The minimum atomic E-state index is -0.491. The number of hydrogen-bond acceptors (Lipinski definition) is 3. The van der Waals surface area contributed by atoms with Gasteiger partial charge in [0.2, 0.25) is 5.69 Å². The molecule has 0 N–H and O–H groups in total. The summed E-state index contributed by atoms with van der Waals surface area (Å²) in [7, 11) is 0. The van der Waals surface area contributed by atoms with Crippen molar-refractivity contribution in [3.8, 4) is 0 Å². The first-order valence-electron chi connectivity index (χ1n) is 5.69. The molecule has 0 amide bonds. The van der Waals surface area contributed by atoms with Crippen molar-refractivity contribution < 1.29 is 9.66 Å². The Bertz CT molecular complexity index is 636. The van der Waals surface area contributed by atoms with Crippen LogP contribution >= 0.6 is 0 Å². The summed E-state index contributed by atoms with van der Waals surface area (Å²) < 4.78 is 0.627. The summed E-state index contributed by atoms with van der Waals surface area (Å²) in [6, 6.07) is 13.5. The lowest BCUT2D eigenvalue weighted by molar-refractivity contribution is -0.388. The normalized spacial score (nSPS) is 11.3. The zero-order chi connectivity index (χ0) is 13.8. The maximum absolute atomic E-state index is 11.9. The third kappa shape index (κ3) is 2.95. The summed E-state index contributed by atoms with van der Waals surface area (Å²) in [5, 5.41) is 22.8. The molecule has 0 fully saturated rings. The van der Waals surface area contributed by atoms with Crippen LogP contribution in [0.1, 0.15) is 11.1 Å². The molecule has 0 aliphatic rings. The molecule has 0 radical (unpaired) electrons. The number of benzene rings is 2. The summed E-state index contributed by atoms with van der Waals surface area (Å²) in [5.74, 6) is 0. The first-order chi connectivity index (χ1) is 9.08. The van der Waals surface area contributed by atoms with Crippen LogP contribution in [-0.2, 0) is 0 Å². The minimum Gasteiger partial charge on any atom is -0.618 e. The van der Waals surface area contributed by atoms with Gasteiger partial charge >= 0.3 is 0 Å². The molecule has 2 rings (SSSR count). The van der Waals surface area contributed by atoms with Crippen LogP contribution < -0.4 is 0 Å². The second-order valence-electron chi connectivity index (χ2n) is 4.09. The van der Waals surface area contributed by atoms with E-state index in [1.54, 1.807) is 31.2 Å². The van der Waals surface area contributed by atoms with Gasteiger partial charge in [0, 0.05) is 17.2 Å². The Balaban J connectivity index is 2.39. The van der Waals surface area contributed by atoms with Crippen molar-refractivity contribution in [2.24, 2.45) is 0 Å². The lowest BCUT2D eigenvalue weighted by Crippen LogP contribution is -2.00. The van der Waals surface area contributed by atoms with E-state index in [0.29, 0.717) is 10.3 Å². The Morgan fingerprint density at radius 2 is 1.74 bits per heavy atom. The fourth-order valence-electron chi connectivity index (χ4n) is 1.68. The molecule has 0 heterocycles. The molecule has 0 bridgehead atoms. The number of nitro groups is 1.